The van der Waals surface area contributed by atoms with Gasteiger partial charge in [0.25, 0.3) is 11.8 Å². The van der Waals surface area contributed by atoms with Gasteiger partial charge in [-0.1, -0.05) is 18.2 Å². The summed E-state index contributed by atoms with van der Waals surface area (Å²) >= 11 is 1.40. The number of aromatic nitrogens is 3. The number of imidazole rings is 1. The van der Waals surface area contributed by atoms with Crippen LogP contribution in [0, 0.1) is 0 Å². The minimum Gasteiger partial charge on any atom is -0.475 e. The number of carboxylic acids is 1. The molecule has 1 aliphatic rings. The third-order valence-electron chi connectivity index (χ3n) is 5.25. The van der Waals surface area contributed by atoms with Crippen LogP contribution in [0.1, 0.15) is 16.9 Å². The van der Waals surface area contributed by atoms with E-state index in [1.54, 1.807) is 35.0 Å². The van der Waals surface area contributed by atoms with E-state index in [1.807, 2.05) is 23.6 Å². The van der Waals surface area contributed by atoms with Gasteiger partial charge in [0.2, 0.25) is 5.88 Å². The van der Waals surface area contributed by atoms with Gasteiger partial charge in [0.05, 0.1) is 12.1 Å². The molecule has 8 nitrogen and oxygen atoms in total. The number of carbonyl (C=O) groups is 2. The highest BCUT2D eigenvalue weighted by Crippen LogP contribution is 2.32. The number of para-hydroxylation sites is 1. The molecule has 1 saturated heterocycles. The molecule has 4 aromatic rings. The Labute approximate surface area is 203 Å². The molecule has 1 aromatic carbocycles. The molecule has 5 rings (SSSR count). The van der Waals surface area contributed by atoms with Crippen LogP contribution in [-0.4, -0.2) is 67.5 Å². The average Bonchev–Trinajstić information content (AvgIpc) is 3.42. The predicted octanol–water partition coefficient (Wildman–Crippen LogP) is 4.51. The highest BCUT2D eigenvalue weighted by Gasteiger charge is 2.47. The van der Waals surface area contributed by atoms with Crippen LogP contribution in [0.5, 0.6) is 5.88 Å². The summed E-state index contributed by atoms with van der Waals surface area (Å²) in [6, 6.07) is 10.7. The Kier molecular flexibility index (Phi) is 6.80. The van der Waals surface area contributed by atoms with Crippen molar-refractivity contribution in [1.82, 2.24) is 19.3 Å². The zero-order valence-electron chi connectivity index (χ0n) is 18.2. The number of piperidine rings is 1. The summed E-state index contributed by atoms with van der Waals surface area (Å²) in [5, 5.41) is 9.88. The molecule has 1 unspecified atom stereocenters. The molecule has 4 heterocycles. The van der Waals surface area contributed by atoms with E-state index in [0.717, 1.165) is 5.39 Å². The maximum atomic E-state index is 14.5. The number of carboxylic acid groups (broad SMARTS) is 1. The number of likely N-dealkylation sites (tertiary alicyclic amines) is 1. The van der Waals surface area contributed by atoms with Crippen molar-refractivity contribution in [1.29, 1.82) is 0 Å². The van der Waals surface area contributed by atoms with Crippen molar-refractivity contribution in [3.63, 3.8) is 0 Å². The van der Waals surface area contributed by atoms with E-state index < -0.39 is 30.6 Å². The fourth-order valence-corrected chi connectivity index (χ4v) is 4.13. The van der Waals surface area contributed by atoms with E-state index in [1.165, 1.54) is 16.2 Å². The molecule has 0 spiro atoms. The summed E-state index contributed by atoms with van der Waals surface area (Å²) < 4.78 is 68.1. The Morgan fingerprint density at radius 1 is 1.14 bits per heavy atom. The van der Waals surface area contributed by atoms with Crippen LogP contribution in [0.2, 0.25) is 0 Å². The van der Waals surface area contributed by atoms with Gasteiger partial charge in [-0.05, 0) is 12.1 Å². The first-order valence-corrected chi connectivity index (χ1v) is 11.2. The molecule has 1 N–H and O–H groups in total. The van der Waals surface area contributed by atoms with Gasteiger partial charge >= 0.3 is 12.1 Å². The number of nitrogens with zero attached hydrogens (tertiary/aromatic N) is 4. The first-order valence-electron chi connectivity index (χ1n) is 10.4. The molecule has 0 bridgehead atoms. The molecule has 1 atom stereocenters. The molecule has 36 heavy (non-hydrogen) atoms. The van der Waals surface area contributed by atoms with Crippen molar-refractivity contribution >= 4 is 39.1 Å². The summed E-state index contributed by atoms with van der Waals surface area (Å²) in [7, 11) is 0. The smallest absolute Gasteiger partial charge is 0.475 e. The highest BCUT2D eigenvalue weighted by molar-refractivity contribution is 7.15. The second-order valence-corrected chi connectivity index (χ2v) is 8.61. The number of pyridine rings is 1. The van der Waals surface area contributed by atoms with Crippen LogP contribution in [0.3, 0.4) is 0 Å². The minimum atomic E-state index is -5.08. The van der Waals surface area contributed by atoms with Crippen LogP contribution in [0.15, 0.2) is 54.2 Å². The lowest BCUT2D eigenvalue weighted by molar-refractivity contribution is -0.192. The lowest BCUT2D eigenvalue weighted by Crippen LogP contribution is -2.55. The van der Waals surface area contributed by atoms with E-state index in [9.17, 15) is 26.7 Å². The third-order valence-corrected chi connectivity index (χ3v) is 6.02. The number of hydrogen-bond acceptors (Lipinski definition) is 6. The lowest BCUT2D eigenvalue weighted by Gasteiger charge is -2.37. The number of halogens is 5. The topological polar surface area (TPSA) is 97.0 Å². The van der Waals surface area contributed by atoms with Gasteiger partial charge in [0.1, 0.15) is 5.69 Å². The zero-order valence-corrected chi connectivity index (χ0v) is 19.0. The van der Waals surface area contributed by atoms with Gasteiger partial charge in [0, 0.05) is 42.2 Å². The van der Waals surface area contributed by atoms with Crippen molar-refractivity contribution in [2.45, 2.75) is 24.6 Å². The monoisotopic (exact) mass is 528 g/mol. The van der Waals surface area contributed by atoms with Gasteiger partial charge in [0.15, 0.2) is 11.1 Å². The molecule has 1 amide bonds. The van der Waals surface area contributed by atoms with Gasteiger partial charge < -0.3 is 14.7 Å². The first kappa shape index (κ1) is 25.3. The highest BCUT2D eigenvalue weighted by atomic mass is 32.1. The van der Waals surface area contributed by atoms with E-state index in [2.05, 4.69) is 9.97 Å². The summed E-state index contributed by atoms with van der Waals surface area (Å²) in [6.07, 6.45) is -3.62. The molecule has 0 aliphatic carbocycles. The fraction of sp³-hybridized carbons (Fsp3) is 0.273. The second kappa shape index (κ2) is 9.68. The Bertz CT molecular complexity index is 1380. The zero-order chi connectivity index (χ0) is 26.1. The normalized spacial score (nSPS) is 17.5. The van der Waals surface area contributed by atoms with Gasteiger partial charge in [-0.2, -0.15) is 13.2 Å². The van der Waals surface area contributed by atoms with E-state index in [4.69, 9.17) is 14.6 Å². The van der Waals surface area contributed by atoms with Crippen LogP contribution < -0.4 is 4.74 Å². The Hall–Kier alpha value is -3.81. The lowest BCUT2D eigenvalue weighted by atomic mass is 10.0. The second-order valence-electron chi connectivity index (χ2n) is 7.73. The number of fused-ring (bicyclic) bond motifs is 2. The van der Waals surface area contributed by atoms with Crippen molar-refractivity contribution in [2.24, 2.45) is 0 Å². The number of aliphatic carboxylic acids is 1. The number of benzene rings is 1. The standard InChI is InChI=1S/C20H16F2N4O2S.C2HF3O2/c21-20(22)7-8-25(18(27)15-11-26-9-10-29-19(26)24-15)12-16(20)28-17-6-5-13-3-1-2-4-14(13)23-17;3-2(4,5)1(6)7/h1-6,9-11,16H,7-8,12H2;(H,6,7). The van der Waals surface area contributed by atoms with Crippen LogP contribution in [0.4, 0.5) is 22.0 Å². The van der Waals surface area contributed by atoms with Gasteiger partial charge in [-0.3, -0.25) is 9.20 Å². The van der Waals surface area contributed by atoms with E-state index in [-0.39, 0.29) is 30.6 Å². The van der Waals surface area contributed by atoms with E-state index in [0.29, 0.717) is 10.5 Å². The number of rotatable bonds is 3. The van der Waals surface area contributed by atoms with Crippen LogP contribution in [-0.2, 0) is 4.79 Å². The molecular formula is C22H17F5N4O4S. The van der Waals surface area contributed by atoms with Gasteiger partial charge in [-0.15, -0.1) is 11.3 Å². The third kappa shape index (κ3) is 5.53. The van der Waals surface area contributed by atoms with Crippen molar-refractivity contribution < 1.29 is 41.4 Å². The van der Waals surface area contributed by atoms with E-state index >= 15 is 0 Å². The minimum absolute atomic E-state index is 0.0536. The molecule has 0 saturated carbocycles. The number of thiazole rings is 1. The summed E-state index contributed by atoms with van der Waals surface area (Å²) in [4.78, 5) is 32.3. The first-order chi connectivity index (χ1) is 16.9. The summed E-state index contributed by atoms with van der Waals surface area (Å²) in [5.41, 5.74) is 0.903. The molecule has 0 radical (unpaired) electrons. The SMILES string of the molecule is O=C(O)C(F)(F)F.O=C(c1cn2ccsc2n1)N1CCC(F)(F)C(Oc2ccc3ccccc3n2)C1. The molecule has 3 aromatic heterocycles. The fourth-order valence-electron chi connectivity index (χ4n) is 3.43. The summed E-state index contributed by atoms with van der Waals surface area (Å²) in [6.45, 7) is -0.284. The number of hydrogen-bond donors (Lipinski definition) is 1. The Morgan fingerprint density at radius 2 is 1.86 bits per heavy atom. The van der Waals surface area contributed by atoms with Crippen LogP contribution in [0.25, 0.3) is 15.9 Å². The maximum absolute atomic E-state index is 14.5. The largest absolute Gasteiger partial charge is 0.490 e. The summed E-state index contributed by atoms with van der Waals surface area (Å²) in [5.74, 6) is -6.08. The predicted molar refractivity (Wildman–Crippen MR) is 118 cm³/mol. The molecule has 1 aliphatic heterocycles. The quantitative estimate of drug-likeness (QED) is 0.393. The Balaban J connectivity index is 0.000000384. The molecule has 14 heteroatoms. The number of carbonyl (C=O) groups excluding carboxylic acids is 1. The van der Waals surface area contributed by atoms with Crippen LogP contribution >= 0.6 is 11.3 Å². The average molecular weight is 528 g/mol. The van der Waals surface area contributed by atoms with Crippen molar-refractivity contribution in [2.75, 3.05) is 13.1 Å². The van der Waals surface area contributed by atoms with Crippen molar-refractivity contribution in [3.8, 4) is 5.88 Å². The maximum Gasteiger partial charge on any atom is 0.490 e. The number of alkyl halides is 5. The number of amides is 1. The Morgan fingerprint density at radius 3 is 2.56 bits per heavy atom. The molecular weight excluding hydrogens is 511 g/mol. The molecule has 190 valence electrons. The molecule has 1 fully saturated rings. The number of ether oxygens (including phenoxy) is 1. The van der Waals surface area contributed by atoms with Crippen molar-refractivity contribution in [3.05, 3.63) is 59.9 Å². The van der Waals surface area contributed by atoms with Gasteiger partial charge in [-0.25, -0.2) is 23.5 Å².